The standard InChI is InChI=1S/C15H16OS.C11H16N4O2S/c1-12-10-14(11-17-12)15(8-5-9-16-15)13-6-3-2-4-7-13;12-18-17-6-8-1-2-10(3-8)15-11-9(5-16)4-13-7-14-11/h2-4,6-7,10-11H,5,8-9H2,1H3;4-5,7-8,10H,1-3,6,12H2,(H,13,14,15). The second-order valence-electron chi connectivity index (χ2n) is 8.94. The number of carbonyl (C=O) groups is 1. The van der Waals surface area contributed by atoms with E-state index in [4.69, 9.17) is 14.1 Å². The second-order valence-corrected chi connectivity index (χ2v) is 10.5. The molecular formula is C26H32N4O3S2. The third-order valence-electron chi connectivity index (χ3n) is 6.58. The summed E-state index contributed by atoms with van der Waals surface area (Å²) in [7, 11) is 0. The second kappa shape index (κ2) is 12.6. The number of nitrogens with two attached hydrogens (primary N) is 1. The van der Waals surface area contributed by atoms with Crippen molar-refractivity contribution < 1.29 is 13.7 Å². The van der Waals surface area contributed by atoms with Gasteiger partial charge in [-0.05, 0) is 67.5 Å². The van der Waals surface area contributed by atoms with Crippen LogP contribution in [0.15, 0.2) is 54.3 Å². The van der Waals surface area contributed by atoms with Gasteiger partial charge in [0.1, 0.15) is 17.7 Å². The number of aryl methyl sites for hydroxylation is 1. The summed E-state index contributed by atoms with van der Waals surface area (Å²) < 4.78 is 11.3. The number of ether oxygens (including phenoxy) is 1. The van der Waals surface area contributed by atoms with E-state index in [1.807, 2.05) is 0 Å². The molecule has 3 N–H and O–H groups in total. The Morgan fingerprint density at radius 3 is 2.86 bits per heavy atom. The average molecular weight is 513 g/mol. The molecule has 2 aliphatic rings. The Bertz CT molecular complexity index is 1070. The summed E-state index contributed by atoms with van der Waals surface area (Å²) in [6.07, 6.45) is 9.10. The Hall–Kier alpha value is -2.30. The maximum Gasteiger partial charge on any atom is 0.155 e. The number of nitrogens with zero attached hydrogens (tertiary/aromatic N) is 2. The number of thiophene rings is 1. The quantitative estimate of drug-likeness (QED) is 0.231. The lowest BCUT2D eigenvalue weighted by Gasteiger charge is -2.28. The molecule has 35 heavy (non-hydrogen) atoms. The minimum atomic E-state index is -0.188. The fraction of sp³-hybridized carbons (Fsp3) is 0.423. The number of nitrogens with one attached hydrogen (secondary N) is 1. The van der Waals surface area contributed by atoms with Crippen molar-refractivity contribution in [3.05, 3.63) is 75.9 Å². The normalized spacial score (nSPS) is 23.5. The first-order valence-corrected chi connectivity index (χ1v) is 13.6. The third kappa shape index (κ3) is 6.48. The van der Waals surface area contributed by atoms with Crippen molar-refractivity contribution in [3.63, 3.8) is 0 Å². The van der Waals surface area contributed by atoms with Crippen LogP contribution in [-0.2, 0) is 14.5 Å². The molecule has 7 nitrogen and oxygen atoms in total. The predicted octanol–water partition coefficient (Wildman–Crippen LogP) is 5.52. The van der Waals surface area contributed by atoms with Crippen LogP contribution in [0.3, 0.4) is 0 Å². The first kappa shape index (κ1) is 25.8. The molecule has 3 atom stereocenters. The first-order valence-electron chi connectivity index (χ1n) is 11.9. The smallest absolute Gasteiger partial charge is 0.155 e. The van der Waals surface area contributed by atoms with E-state index < -0.39 is 0 Å². The lowest BCUT2D eigenvalue weighted by Crippen LogP contribution is -2.25. The number of benzene rings is 1. The number of carbonyl (C=O) groups excluding carboxylic acids is 1. The predicted molar refractivity (Wildman–Crippen MR) is 141 cm³/mol. The van der Waals surface area contributed by atoms with Crippen molar-refractivity contribution in [1.82, 2.24) is 9.97 Å². The highest BCUT2D eigenvalue weighted by molar-refractivity contribution is 7.92. The zero-order chi connectivity index (χ0) is 24.5. The summed E-state index contributed by atoms with van der Waals surface area (Å²) in [5.41, 5.74) is 2.92. The lowest BCUT2D eigenvalue weighted by atomic mass is 9.85. The van der Waals surface area contributed by atoms with Gasteiger partial charge in [-0.2, -0.15) is 0 Å². The maximum atomic E-state index is 10.9. The van der Waals surface area contributed by atoms with Crippen LogP contribution in [0.25, 0.3) is 0 Å². The highest BCUT2D eigenvalue weighted by atomic mass is 32.2. The average Bonchev–Trinajstić information content (AvgIpc) is 3.66. The molecule has 3 heterocycles. The van der Waals surface area contributed by atoms with Gasteiger partial charge in [-0.25, -0.2) is 9.97 Å². The van der Waals surface area contributed by atoms with Gasteiger partial charge in [-0.1, -0.05) is 30.3 Å². The van der Waals surface area contributed by atoms with E-state index in [0.29, 0.717) is 29.9 Å². The van der Waals surface area contributed by atoms with E-state index in [2.05, 4.69) is 64.0 Å². The number of anilines is 1. The van der Waals surface area contributed by atoms with Gasteiger partial charge in [0.15, 0.2) is 6.29 Å². The molecule has 0 amide bonds. The Kier molecular flexibility index (Phi) is 9.28. The Labute approximate surface area is 215 Å². The summed E-state index contributed by atoms with van der Waals surface area (Å²) in [6.45, 7) is 3.69. The SMILES string of the molecule is Cc1cc(C2(c3ccccc3)CCCO2)cs1.NSOCC1CCC(Nc2ncncc2C=O)C1. The summed E-state index contributed by atoms with van der Waals surface area (Å²) in [4.78, 5) is 20.1. The largest absolute Gasteiger partial charge is 0.367 e. The van der Waals surface area contributed by atoms with Gasteiger partial charge in [0.25, 0.3) is 0 Å². The maximum absolute atomic E-state index is 10.9. The fourth-order valence-corrected chi connectivity index (χ4v) is 5.90. The van der Waals surface area contributed by atoms with Gasteiger partial charge in [0.2, 0.25) is 0 Å². The van der Waals surface area contributed by atoms with Crippen molar-refractivity contribution in [1.29, 1.82) is 0 Å². The van der Waals surface area contributed by atoms with Crippen LogP contribution in [-0.4, -0.2) is 35.5 Å². The zero-order valence-electron chi connectivity index (χ0n) is 19.9. The molecule has 186 valence electrons. The molecule has 5 rings (SSSR count). The Morgan fingerprint density at radius 1 is 1.31 bits per heavy atom. The first-order chi connectivity index (χ1) is 17.1. The van der Waals surface area contributed by atoms with Crippen LogP contribution in [0.4, 0.5) is 5.82 Å². The Morgan fingerprint density at radius 2 is 2.17 bits per heavy atom. The molecule has 0 spiro atoms. The van der Waals surface area contributed by atoms with Crippen molar-refractivity contribution >= 4 is 35.7 Å². The number of hydrogen-bond donors (Lipinski definition) is 2. The molecule has 0 radical (unpaired) electrons. The van der Waals surface area contributed by atoms with Gasteiger partial charge >= 0.3 is 0 Å². The monoisotopic (exact) mass is 512 g/mol. The number of hydrogen-bond acceptors (Lipinski definition) is 9. The van der Waals surface area contributed by atoms with Crippen molar-refractivity contribution in [2.75, 3.05) is 18.5 Å². The van der Waals surface area contributed by atoms with E-state index in [-0.39, 0.29) is 5.60 Å². The molecule has 1 aliphatic carbocycles. The number of aldehydes is 1. The molecule has 9 heteroatoms. The summed E-state index contributed by atoms with van der Waals surface area (Å²) in [5, 5.41) is 10.8. The lowest BCUT2D eigenvalue weighted by molar-refractivity contribution is 0.0363. The van der Waals surface area contributed by atoms with E-state index in [9.17, 15) is 4.79 Å². The van der Waals surface area contributed by atoms with Gasteiger partial charge in [0, 0.05) is 23.7 Å². The van der Waals surface area contributed by atoms with Crippen LogP contribution in [0.1, 0.15) is 58.5 Å². The zero-order valence-corrected chi connectivity index (χ0v) is 21.5. The number of rotatable bonds is 8. The van der Waals surface area contributed by atoms with Gasteiger partial charge < -0.3 is 14.2 Å². The van der Waals surface area contributed by atoms with Crippen molar-refractivity contribution in [3.8, 4) is 0 Å². The van der Waals surface area contributed by atoms with Crippen molar-refractivity contribution in [2.24, 2.45) is 11.1 Å². The fourth-order valence-electron chi connectivity index (χ4n) is 4.86. The minimum Gasteiger partial charge on any atom is -0.367 e. The van der Waals surface area contributed by atoms with Crippen molar-refractivity contribution in [2.45, 2.75) is 50.7 Å². The van der Waals surface area contributed by atoms with E-state index >= 15 is 0 Å². The highest BCUT2D eigenvalue weighted by Crippen LogP contribution is 2.43. The highest BCUT2D eigenvalue weighted by Gasteiger charge is 2.39. The molecule has 1 aliphatic heterocycles. The van der Waals surface area contributed by atoms with Gasteiger partial charge in [-0.3, -0.25) is 9.93 Å². The summed E-state index contributed by atoms with van der Waals surface area (Å²) >= 11 is 2.72. The molecule has 1 saturated carbocycles. The van der Waals surface area contributed by atoms with E-state index in [1.165, 1.54) is 28.5 Å². The molecule has 1 aromatic carbocycles. The van der Waals surface area contributed by atoms with E-state index in [0.717, 1.165) is 57.2 Å². The molecule has 0 bridgehead atoms. The van der Waals surface area contributed by atoms with Gasteiger partial charge in [-0.15, -0.1) is 11.3 Å². The van der Waals surface area contributed by atoms with Crippen LogP contribution in [0, 0.1) is 12.8 Å². The molecular weight excluding hydrogens is 480 g/mol. The molecule has 2 fully saturated rings. The minimum absolute atomic E-state index is 0.188. The summed E-state index contributed by atoms with van der Waals surface area (Å²) in [6, 6.07) is 13.2. The van der Waals surface area contributed by atoms with E-state index in [1.54, 1.807) is 11.3 Å². The Balaban J connectivity index is 0.000000165. The molecule has 3 unspecified atom stereocenters. The molecule has 3 aromatic rings. The third-order valence-corrected chi connectivity index (χ3v) is 7.71. The topological polar surface area (TPSA) is 99.4 Å². The molecule has 2 aromatic heterocycles. The molecule has 1 saturated heterocycles. The van der Waals surface area contributed by atoms with Crippen LogP contribution >= 0.6 is 23.6 Å². The van der Waals surface area contributed by atoms with Gasteiger partial charge in [0.05, 0.1) is 24.4 Å². The van der Waals surface area contributed by atoms with Crippen LogP contribution in [0.2, 0.25) is 0 Å². The summed E-state index contributed by atoms with van der Waals surface area (Å²) in [5.74, 6) is 1.12. The van der Waals surface area contributed by atoms with Crippen LogP contribution in [0.5, 0.6) is 0 Å². The number of aromatic nitrogens is 2. The van der Waals surface area contributed by atoms with Crippen LogP contribution < -0.4 is 10.5 Å².